The second-order valence-corrected chi connectivity index (χ2v) is 4.49. The summed E-state index contributed by atoms with van der Waals surface area (Å²) in [6.45, 7) is 4.80. The van der Waals surface area contributed by atoms with Crippen LogP contribution in [0.3, 0.4) is 0 Å². The third-order valence-electron chi connectivity index (χ3n) is 2.57. The van der Waals surface area contributed by atoms with Crippen LogP contribution in [-0.2, 0) is 0 Å². The predicted molar refractivity (Wildman–Crippen MR) is 75.7 cm³/mol. The number of carbonyl (C=O) groups excluding carboxylic acids is 1. The first kappa shape index (κ1) is 14.4. The van der Waals surface area contributed by atoms with Gasteiger partial charge in [-0.2, -0.15) is 0 Å². The van der Waals surface area contributed by atoms with E-state index < -0.39 is 0 Å². The second kappa shape index (κ2) is 6.96. The van der Waals surface area contributed by atoms with Gasteiger partial charge in [0.05, 0.1) is 4.99 Å². The van der Waals surface area contributed by atoms with Gasteiger partial charge in [-0.3, -0.25) is 0 Å². The lowest BCUT2D eigenvalue weighted by Crippen LogP contribution is -2.39. The summed E-state index contributed by atoms with van der Waals surface area (Å²) in [5.74, 6) is 0.507. The lowest BCUT2D eigenvalue weighted by Gasteiger charge is -2.23. The van der Waals surface area contributed by atoms with Gasteiger partial charge in [0, 0.05) is 19.0 Å². The lowest BCUT2D eigenvalue weighted by molar-refractivity contribution is 0.152. The van der Waals surface area contributed by atoms with Crippen molar-refractivity contribution in [3.8, 4) is 5.75 Å². The largest absolute Gasteiger partial charge is 0.415 e. The van der Waals surface area contributed by atoms with Crippen molar-refractivity contribution in [1.82, 2.24) is 4.90 Å². The van der Waals surface area contributed by atoms with E-state index >= 15 is 0 Å². The number of para-hydroxylation sites is 1. The number of thiocarbonyl (C=S) groups is 1. The average molecular weight is 266 g/mol. The minimum Gasteiger partial charge on any atom is -0.410 e. The Balaban J connectivity index is 2.60. The minimum absolute atomic E-state index is 0.0247. The minimum atomic E-state index is -0.383. The molecule has 0 aliphatic heterocycles. The normalized spacial score (nSPS) is 11.7. The van der Waals surface area contributed by atoms with Crippen molar-refractivity contribution in [3.63, 3.8) is 0 Å². The van der Waals surface area contributed by atoms with Crippen LogP contribution in [0.5, 0.6) is 5.75 Å². The van der Waals surface area contributed by atoms with Gasteiger partial charge in [0.15, 0.2) is 0 Å². The van der Waals surface area contributed by atoms with Gasteiger partial charge in [-0.1, -0.05) is 37.3 Å². The zero-order valence-corrected chi connectivity index (χ0v) is 11.4. The molecule has 0 aliphatic carbocycles. The number of benzene rings is 1. The molecule has 2 N–H and O–H groups in total. The molecule has 0 bridgehead atoms. The highest BCUT2D eigenvalue weighted by molar-refractivity contribution is 7.80. The molecule has 0 spiro atoms. The van der Waals surface area contributed by atoms with Gasteiger partial charge in [0.1, 0.15) is 5.75 Å². The Labute approximate surface area is 113 Å². The number of hydrogen-bond acceptors (Lipinski definition) is 3. The van der Waals surface area contributed by atoms with Crippen molar-refractivity contribution in [2.75, 3.05) is 13.1 Å². The number of carbonyl (C=O) groups is 1. The number of hydrogen-bond donors (Lipinski definition) is 1. The van der Waals surface area contributed by atoms with E-state index in [0.29, 0.717) is 23.8 Å². The smallest absolute Gasteiger partial charge is 0.410 e. The summed E-state index contributed by atoms with van der Waals surface area (Å²) < 4.78 is 5.25. The van der Waals surface area contributed by atoms with Crippen molar-refractivity contribution in [3.05, 3.63) is 30.3 Å². The van der Waals surface area contributed by atoms with Gasteiger partial charge in [-0.05, 0) is 19.1 Å². The first-order valence-electron chi connectivity index (χ1n) is 5.85. The Morgan fingerprint density at radius 2 is 2.06 bits per heavy atom. The van der Waals surface area contributed by atoms with E-state index in [1.54, 1.807) is 17.0 Å². The molecule has 0 heterocycles. The van der Waals surface area contributed by atoms with Gasteiger partial charge < -0.3 is 15.4 Å². The van der Waals surface area contributed by atoms with Crippen molar-refractivity contribution < 1.29 is 9.53 Å². The van der Waals surface area contributed by atoms with Crippen molar-refractivity contribution in [1.29, 1.82) is 0 Å². The lowest BCUT2D eigenvalue weighted by atomic mass is 10.2. The van der Waals surface area contributed by atoms with Gasteiger partial charge in [0.2, 0.25) is 0 Å². The molecule has 1 unspecified atom stereocenters. The molecule has 1 aromatic rings. The standard InChI is InChI=1S/C13H18N2O2S/c1-3-15(9-10(2)12(14)18)13(16)17-11-7-5-4-6-8-11/h4-8,10H,3,9H2,1-2H3,(H2,14,18). The van der Waals surface area contributed by atoms with E-state index in [2.05, 4.69) is 0 Å². The fourth-order valence-electron chi connectivity index (χ4n) is 1.41. The van der Waals surface area contributed by atoms with Crippen LogP contribution < -0.4 is 10.5 Å². The molecule has 0 aromatic heterocycles. The molecule has 0 fully saturated rings. The first-order valence-corrected chi connectivity index (χ1v) is 6.26. The molecule has 4 nitrogen and oxygen atoms in total. The van der Waals surface area contributed by atoms with Gasteiger partial charge in [-0.25, -0.2) is 4.79 Å². The summed E-state index contributed by atoms with van der Waals surface area (Å²) in [7, 11) is 0. The third kappa shape index (κ3) is 4.33. The molecule has 98 valence electrons. The SMILES string of the molecule is CCN(CC(C)C(N)=S)C(=O)Oc1ccccc1. The summed E-state index contributed by atoms with van der Waals surface area (Å²) in [6, 6.07) is 8.97. The Bertz CT molecular complexity index is 409. The van der Waals surface area contributed by atoms with Crippen molar-refractivity contribution in [2.24, 2.45) is 11.7 Å². The van der Waals surface area contributed by atoms with E-state index in [4.69, 9.17) is 22.7 Å². The van der Waals surface area contributed by atoms with Gasteiger partial charge >= 0.3 is 6.09 Å². The molecule has 0 saturated heterocycles. The predicted octanol–water partition coefficient (Wildman–Crippen LogP) is 2.43. The van der Waals surface area contributed by atoms with Crippen LogP contribution in [0, 0.1) is 5.92 Å². The summed E-state index contributed by atoms with van der Waals surface area (Å²) in [6.07, 6.45) is -0.383. The van der Waals surface area contributed by atoms with E-state index in [9.17, 15) is 4.79 Å². The zero-order chi connectivity index (χ0) is 13.5. The highest BCUT2D eigenvalue weighted by Gasteiger charge is 2.18. The summed E-state index contributed by atoms with van der Waals surface area (Å²) in [5.41, 5.74) is 5.54. The molecular formula is C13H18N2O2S. The number of rotatable bonds is 5. The highest BCUT2D eigenvalue weighted by Crippen LogP contribution is 2.11. The number of ether oxygens (including phenoxy) is 1. The molecule has 1 aromatic carbocycles. The Hall–Kier alpha value is -1.62. The molecule has 1 atom stereocenters. The van der Waals surface area contributed by atoms with Crippen molar-refractivity contribution in [2.45, 2.75) is 13.8 Å². The Morgan fingerprint density at radius 3 is 2.56 bits per heavy atom. The van der Waals surface area contributed by atoms with Crippen LogP contribution in [0.25, 0.3) is 0 Å². The second-order valence-electron chi connectivity index (χ2n) is 4.02. The van der Waals surface area contributed by atoms with Gasteiger partial charge in [-0.15, -0.1) is 0 Å². The van der Waals surface area contributed by atoms with Crippen LogP contribution in [0.15, 0.2) is 30.3 Å². The fraction of sp³-hybridized carbons (Fsp3) is 0.385. The number of nitrogens with zero attached hydrogens (tertiary/aromatic N) is 1. The first-order chi connectivity index (χ1) is 8.54. The van der Waals surface area contributed by atoms with E-state index in [-0.39, 0.29) is 12.0 Å². The van der Waals surface area contributed by atoms with Crippen LogP contribution >= 0.6 is 12.2 Å². The van der Waals surface area contributed by atoms with E-state index in [1.165, 1.54) is 0 Å². The molecular weight excluding hydrogens is 248 g/mol. The average Bonchev–Trinajstić information content (AvgIpc) is 2.36. The molecule has 0 radical (unpaired) electrons. The van der Waals surface area contributed by atoms with Crippen molar-refractivity contribution >= 4 is 23.3 Å². The maximum Gasteiger partial charge on any atom is 0.415 e. The van der Waals surface area contributed by atoms with E-state index in [0.717, 1.165) is 0 Å². The molecule has 5 heteroatoms. The van der Waals surface area contributed by atoms with Crippen LogP contribution in [-0.4, -0.2) is 29.1 Å². The maximum atomic E-state index is 11.9. The molecule has 1 rings (SSSR count). The quantitative estimate of drug-likeness (QED) is 0.832. The summed E-state index contributed by atoms with van der Waals surface area (Å²) in [5, 5.41) is 0. The van der Waals surface area contributed by atoms with Crippen LogP contribution in [0.4, 0.5) is 4.79 Å². The Morgan fingerprint density at radius 1 is 1.44 bits per heavy atom. The van der Waals surface area contributed by atoms with Crippen LogP contribution in [0.2, 0.25) is 0 Å². The number of nitrogens with two attached hydrogens (primary N) is 1. The highest BCUT2D eigenvalue weighted by atomic mass is 32.1. The number of amides is 1. The van der Waals surface area contributed by atoms with Gasteiger partial charge in [0.25, 0.3) is 0 Å². The molecule has 18 heavy (non-hydrogen) atoms. The molecule has 1 amide bonds. The van der Waals surface area contributed by atoms with Crippen LogP contribution in [0.1, 0.15) is 13.8 Å². The monoisotopic (exact) mass is 266 g/mol. The zero-order valence-electron chi connectivity index (χ0n) is 10.6. The third-order valence-corrected chi connectivity index (χ3v) is 2.97. The van der Waals surface area contributed by atoms with E-state index in [1.807, 2.05) is 32.0 Å². The summed E-state index contributed by atoms with van der Waals surface area (Å²) in [4.78, 5) is 13.9. The topological polar surface area (TPSA) is 55.6 Å². The Kier molecular flexibility index (Phi) is 5.58. The molecule has 0 saturated carbocycles. The fourth-order valence-corrected chi connectivity index (χ4v) is 1.48. The molecule has 0 aliphatic rings. The summed E-state index contributed by atoms with van der Waals surface area (Å²) >= 11 is 4.90. The maximum absolute atomic E-state index is 11.9.